The number of carbonyl (C=O) groups excluding carboxylic acids is 1. The van der Waals surface area contributed by atoms with Crippen LogP contribution in [0.1, 0.15) is 54.2 Å². The molecule has 1 aliphatic heterocycles. The summed E-state index contributed by atoms with van der Waals surface area (Å²) in [7, 11) is 1.61. The van der Waals surface area contributed by atoms with Gasteiger partial charge in [0.05, 0.1) is 22.4 Å². The van der Waals surface area contributed by atoms with Gasteiger partial charge in [0.2, 0.25) is 0 Å². The number of pyridine rings is 1. The number of benzene rings is 1. The van der Waals surface area contributed by atoms with E-state index < -0.39 is 11.4 Å². The first kappa shape index (κ1) is 23.4. The van der Waals surface area contributed by atoms with E-state index in [1.807, 2.05) is 6.92 Å². The normalized spacial score (nSPS) is 18.5. The highest BCUT2D eigenvalue weighted by atomic mass is 32.2. The molecule has 10 heteroatoms. The quantitative estimate of drug-likeness (QED) is 0.507. The van der Waals surface area contributed by atoms with Gasteiger partial charge in [0.25, 0.3) is 0 Å². The number of aromatic nitrogens is 3. The number of nitriles is 1. The van der Waals surface area contributed by atoms with Gasteiger partial charge in [-0.2, -0.15) is 10.4 Å². The Morgan fingerprint density at radius 2 is 2.09 bits per heavy atom. The predicted molar refractivity (Wildman–Crippen MR) is 129 cm³/mol. The summed E-state index contributed by atoms with van der Waals surface area (Å²) in [4.78, 5) is 22.2. The third-order valence-electron chi connectivity index (χ3n) is 5.60. The third-order valence-corrected chi connectivity index (χ3v) is 6.63. The lowest BCUT2D eigenvalue weighted by Crippen LogP contribution is -2.17. The number of nitrogens with zero attached hydrogens (tertiary/aromatic N) is 5. The molecule has 0 saturated carbocycles. The van der Waals surface area contributed by atoms with Gasteiger partial charge < -0.3 is 10.5 Å². The minimum absolute atomic E-state index is 0.130. The fraction of sp³-hybridized carbons (Fsp3) is 0.292. The van der Waals surface area contributed by atoms with Crippen molar-refractivity contribution in [1.29, 1.82) is 5.26 Å². The van der Waals surface area contributed by atoms with Gasteiger partial charge >= 0.3 is 0 Å². The number of aryl methyl sites for hydroxylation is 1. The number of hydrogen-bond acceptors (Lipinski definition) is 8. The number of hydrogen-bond donors (Lipinski definition) is 1. The molecule has 174 valence electrons. The first-order valence-electron chi connectivity index (χ1n) is 10.6. The zero-order valence-electron chi connectivity index (χ0n) is 19.2. The van der Waals surface area contributed by atoms with E-state index in [1.165, 1.54) is 34.8 Å². The second kappa shape index (κ2) is 9.27. The summed E-state index contributed by atoms with van der Waals surface area (Å²) in [5, 5.41) is 14.3. The number of thioether (sulfide) groups is 1. The molecule has 1 unspecified atom stereocenters. The standard InChI is InChI=1S/C24H23FN6O2S/c1-12-18-8-17(25)6-5-15(18)10-28-14(3)34-13(2)23(32)22-21(19(9-26)31(4)30-22)16-7-20(33-12)24(27)29-11-16/h5-8,11-13H,10H2,1-4H3,(H2,27,29)/t12-,13?/m1/s1. The molecule has 1 aromatic carbocycles. The first-order valence-corrected chi connectivity index (χ1v) is 11.5. The number of aliphatic imine (C=N–C) groups is 1. The van der Waals surface area contributed by atoms with Crippen LogP contribution in [0.5, 0.6) is 5.75 Å². The van der Waals surface area contributed by atoms with Gasteiger partial charge in [0, 0.05) is 18.8 Å². The number of ketones is 1. The zero-order valence-corrected chi connectivity index (χ0v) is 20.0. The van der Waals surface area contributed by atoms with Crippen molar-refractivity contribution in [1.82, 2.24) is 14.8 Å². The van der Waals surface area contributed by atoms with E-state index in [4.69, 9.17) is 10.5 Å². The van der Waals surface area contributed by atoms with Crippen LogP contribution in [0.15, 0.2) is 35.5 Å². The van der Waals surface area contributed by atoms with E-state index in [1.54, 1.807) is 33.0 Å². The average Bonchev–Trinajstić information content (AvgIpc) is 3.14. The Labute approximate surface area is 200 Å². The summed E-state index contributed by atoms with van der Waals surface area (Å²) in [5.41, 5.74) is 8.72. The fourth-order valence-corrected chi connectivity index (χ4v) is 4.73. The van der Waals surface area contributed by atoms with Gasteiger partial charge in [-0.1, -0.05) is 6.07 Å². The maximum atomic E-state index is 14.1. The molecular formula is C24H23FN6O2S. The number of carbonyl (C=O) groups is 1. The van der Waals surface area contributed by atoms with Crippen LogP contribution in [0.25, 0.3) is 11.1 Å². The van der Waals surface area contributed by atoms with Gasteiger partial charge in [-0.25, -0.2) is 9.37 Å². The van der Waals surface area contributed by atoms with Gasteiger partial charge in [-0.3, -0.25) is 14.5 Å². The molecule has 2 bridgehead atoms. The Bertz CT molecular complexity index is 1360. The molecule has 2 aromatic heterocycles. The van der Waals surface area contributed by atoms with Crippen molar-refractivity contribution in [3.63, 3.8) is 0 Å². The van der Waals surface area contributed by atoms with Crippen molar-refractivity contribution in [3.8, 4) is 22.9 Å². The highest BCUT2D eigenvalue weighted by molar-refractivity contribution is 8.14. The number of rotatable bonds is 0. The van der Waals surface area contributed by atoms with Crippen LogP contribution < -0.4 is 10.5 Å². The van der Waals surface area contributed by atoms with Crippen molar-refractivity contribution < 1.29 is 13.9 Å². The van der Waals surface area contributed by atoms with Crippen LogP contribution in [0.3, 0.4) is 0 Å². The van der Waals surface area contributed by atoms with Gasteiger partial charge in [-0.15, -0.1) is 11.8 Å². The van der Waals surface area contributed by atoms with Crippen LogP contribution in [-0.4, -0.2) is 30.8 Å². The Balaban J connectivity index is 1.94. The Hall–Kier alpha value is -3.71. The van der Waals surface area contributed by atoms with Crippen molar-refractivity contribution in [2.45, 2.75) is 38.7 Å². The molecular weight excluding hydrogens is 455 g/mol. The Kier molecular flexibility index (Phi) is 6.39. The molecule has 0 saturated heterocycles. The predicted octanol–water partition coefficient (Wildman–Crippen LogP) is 4.45. The molecule has 0 amide bonds. The summed E-state index contributed by atoms with van der Waals surface area (Å²) in [6, 6.07) is 8.23. The number of Topliss-reactive ketones (excluding diaryl/α,β-unsaturated/α-hetero) is 1. The van der Waals surface area contributed by atoms with E-state index in [-0.39, 0.29) is 34.6 Å². The third kappa shape index (κ3) is 4.39. The lowest BCUT2D eigenvalue weighted by atomic mass is 10.0. The molecule has 34 heavy (non-hydrogen) atoms. The molecule has 0 radical (unpaired) electrons. The van der Waals surface area contributed by atoms with Crippen molar-refractivity contribution in [2.24, 2.45) is 12.0 Å². The van der Waals surface area contributed by atoms with Crippen LogP contribution in [0.2, 0.25) is 0 Å². The van der Waals surface area contributed by atoms with Crippen LogP contribution >= 0.6 is 11.8 Å². The van der Waals surface area contributed by atoms with Crippen molar-refractivity contribution in [3.05, 3.63) is 58.8 Å². The minimum atomic E-state index is -0.567. The molecule has 4 rings (SSSR count). The average molecular weight is 479 g/mol. The molecule has 3 heterocycles. The van der Waals surface area contributed by atoms with E-state index in [9.17, 15) is 14.4 Å². The maximum absolute atomic E-state index is 14.1. The molecule has 3 aromatic rings. The number of ether oxygens (including phenoxy) is 1. The molecule has 0 fully saturated rings. The summed E-state index contributed by atoms with van der Waals surface area (Å²) in [6.07, 6.45) is 0.917. The van der Waals surface area contributed by atoms with Crippen molar-refractivity contribution in [2.75, 3.05) is 5.73 Å². The molecule has 8 nitrogen and oxygen atoms in total. The molecule has 2 atom stereocenters. The number of fused-ring (bicyclic) bond motifs is 5. The summed E-state index contributed by atoms with van der Waals surface area (Å²) in [5.74, 6) is -0.245. The number of halogens is 1. The number of anilines is 1. The van der Waals surface area contributed by atoms with E-state index in [0.29, 0.717) is 28.3 Å². The largest absolute Gasteiger partial charge is 0.482 e. The number of nitrogen functional groups attached to an aromatic ring is 1. The van der Waals surface area contributed by atoms with Crippen LogP contribution in [-0.2, 0) is 13.6 Å². The van der Waals surface area contributed by atoms with E-state index in [0.717, 1.165) is 5.56 Å². The minimum Gasteiger partial charge on any atom is -0.482 e. The molecule has 1 aliphatic rings. The van der Waals surface area contributed by atoms with Crippen LogP contribution in [0.4, 0.5) is 10.2 Å². The topological polar surface area (TPSA) is 119 Å². The monoisotopic (exact) mass is 478 g/mol. The first-order chi connectivity index (χ1) is 16.2. The van der Waals surface area contributed by atoms with Gasteiger partial charge in [0.1, 0.15) is 29.4 Å². The zero-order chi connectivity index (χ0) is 24.6. The van der Waals surface area contributed by atoms with Gasteiger partial charge in [-0.05, 0) is 50.1 Å². The lowest BCUT2D eigenvalue weighted by Gasteiger charge is -2.19. The molecule has 2 N–H and O–H groups in total. The second-order valence-corrected chi connectivity index (χ2v) is 9.51. The lowest BCUT2D eigenvalue weighted by molar-refractivity contribution is 0.0989. The Morgan fingerprint density at radius 3 is 2.82 bits per heavy atom. The molecule has 0 aliphatic carbocycles. The fourth-order valence-electron chi connectivity index (χ4n) is 3.86. The summed E-state index contributed by atoms with van der Waals surface area (Å²) in [6.45, 7) is 5.68. The maximum Gasteiger partial charge on any atom is 0.196 e. The second-order valence-electron chi connectivity index (χ2n) is 7.98. The summed E-state index contributed by atoms with van der Waals surface area (Å²) >= 11 is 1.31. The SMILES string of the molecule is CC1=NCc2ccc(F)cc2[C@@H](C)Oc2cc(cnc2N)-c2c(nn(C)c2C#N)C(=O)C(C)S1. The highest BCUT2D eigenvalue weighted by Crippen LogP contribution is 2.36. The van der Waals surface area contributed by atoms with E-state index >= 15 is 0 Å². The highest BCUT2D eigenvalue weighted by Gasteiger charge is 2.28. The van der Waals surface area contributed by atoms with Gasteiger partial charge in [0.15, 0.2) is 17.4 Å². The summed E-state index contributed by atoms with van der Waals surface area (Å²) < 4.78 is 21.6. The number of nitrogens with two attached hydrogens (primary N) is 1. The van der Waals surface area contributed by atoms with Crippen LogP contribution in [0, 0.1) is 17.1 Å². The smallest absolute Gasteiger partial charge is 0.196 e. The van der Waals surface area contributed by atoms with E-state index in [2.05, 4.69) is 21.1 Å². The van der Waals surface area contributed by atoms with Crippen molar-refractivity contribution >= 4 is 28.4 Å². The Morgan fingerprint density at radius 1 is 1.32 bits per heavy atom. The molecule has 0 spiro atoms.